The molecule has 0 spiro atoms. The molecule has 0 atom stereocenters. The van der Waals surface area contributed by atoms with Gasteiger partial charge < -0.3 is 15.5 Å². The molecule has 176 valence electrons. The molecule has 1 saturated carbocycles. The summed E-state index contributed by atoms with van der Waals surface area (Å²) >= 11 is 0. The van der Waals surface area contributed by atoms with E-state index in [0.717, 1.165) is 49.2 Å². The number of benzene rings is 1. The molecule has 4 rings (SSSR count). The van der Waals surface area contributed by atoms with E-state index < -0.39 is 11.7 Å². The maximum Gasteiger partial charge on any atom is 0.416 e. The molecule has 1 fully saturated rings. The van der Waals surface area contributed by atoms with Crippen molar-refractivity contribution in [1.82, 2.24) is 25.5 Å². The zero-order valence-corrected chi connectivity index (χ0v) is 18.7. The van der Waals surface area contributed by atoms with E-state index in [-0.39, 0.29) is 0 Å². The number of nitrogens with one attached hydrogen (secondary N) is 3. The Kier molecular flexibility index (Phi) is 6.83. The maximum atomic E-state index is 12.8. The minimum Gasteiger partial charge on any atom is -0.363 e. The first-order valence-electron chi connectivity index (χ1n) is 11.0. The van der Waals surface area contributed by atoms with Gasteiger partial charge in [0.05, 0.1) is 11.3 Å². The third kappa shape index (κ3) is 5.81. The summed E-state index contributed by atoms with van der Waals surface area (Å²) in [7, 11) is 3.90. The van der Waals surface area contributed by atoms with Gasteiger partial charge in [0.2, 0.25) is 5.95 Å². The summed E-state index contributed by atoms with van der Waals surface area (Å²) in [5.74, 6) is 1.52. The number of hydrogen-bond acceptors (Lipinski definition) is 6. The Morgan fingerprint density at radius 1 is 1.03 bits per heavy atom. The molecule has 7 nitrogen and oxygen atoms in total. The zero-order valence-electron chi connectivity index (χ0n) is 18.7. The topological polar surface area (TPSA) is 81.8 Å². The molecule has 0 radical (unpaired) electrons. The van der Waals surface area contributed by atoms with Gasteiger partial charge in [-0.05, 0) is 43.9 Å². The summed E-state index contributed by atoms with van der Waals surface area (Å²) in [6.07, 6.45) is 3.24. The highest BCUT2D eigenvalue weighted by Gasteiger charge is 2.30. The number of aromatic amines is 1. The van der Waals surface area contributed by atoms with E-state index in [9.17, 15) is 13.2 Å². The first-order valence-corrected chi connectivity index (χ1v) is 11.0. The van der Waals surface area contributed by atoms with Crippen molar-refractivity contribution in [1.29, 1.82) is 0 Å². The Morgan fingerprint density at radius 2 is 1.73 bits per heavy atom. The third-order valence-corrected chi connectivity index (χ3v) is 5.95. The van der Waals surface area contributed by atoms with Crippen LogP contribution in [0, 0.1) is 0 Å². The van der Waals surface area contributed by atoms with Crippen molar-refractivity contribution < 1.29 is 13.2 Å². The minimum absolute atomic E-state index is 0.331. The van der Waals surface area contributed by atoms with Crippen molar-refractivity contribution in [2.75, 3.05) is 24.3 Å². The molecule has 33 heavy (non-hydrogen) atoms. The van der Waals surface area contributed by atoms with Crippen LogP contribution >= 0.6 is 0 Å². The summed E-state index contributed by atoms with van der Waals surface area (Å²) in [6.45, 7) is 0.601. The predicted octanol–water partition coefficient (Wildman–Crippen LogP) is 4.46. The average Bonchev–Trinajstić information content (AvgIpc) is 3.27. The Balaban J connectivity index is 1.29. The molecule has 0 unspecified atom stereocenters. The molecule has 2 heterocycles. The lowest BCUT2D eigenvalue weighted by molar-refractivity contribution is -0.137. The molecule has 0 saturated heterocycles. The van der Waals surface area contributed by atoms with E-state index in [0.29, 0.717) is 35.8 Å². The molecule has 10 heteroatoms. The first kappa shape index (κ1) is 23.0. The monoisotopic (exact) mass is 459 g/mol. The fraction of sp³-hybridized carbons (Fsp3) is 0.435. The number of H-pyrrole nitrogens is 1. The first-order chi connectivity index (χ1) is 15.8. The molecule has 1 aliphatic rings. The number of nitrogens with zero attached hydrogens (tertiary/aromatic N) is 4. The lowest BCUT2D eigenvalue weighted by Crippen LogP contribution is -2.37. The van der Waals surface area contributed by atoms with Gasteiger partial charge in [0, 0.05) is 56.2 Å². The summed E-state index contributed by atoms with van der Waals surface area (Å²) in [6, 6.07) is 7.69. The largest absolute Gasteiger partial charge is 0.416 e. The van der Waals surface area contributed by atoms with Gasteiger partial charge in [-0.25, -0.2) is 4.98 Å². The van der Waals surface area contributed by atoms with Crippen LogP contribution in [0.2, 0.25) is 0 Å². The summed E-state index contributed by atoms with van der Waals surface area (Å²) in [4.78, 5) is 10.8. The number of hydrogen-bond donors (Lipinski definition) is 3. The van der Waals surface area contributed by atoms with Crippen LogP contribution in [-0.2, 0) is 12.7 Å². The third-order valence-electron chi connectivity index (χ3n) is 5.95. The molecule has 3 N–H and O–H groups in total. The van der Waals surface area contributed by atoms with Gasteiger partial charge in [-0.2, -0.15) is 23.3 Å². The summed E-state index contributed by atoms with van der Waals surface area (Å²) < 4.78 is 38.5. The van der Waals surface area contributed by atoms with Crippen LogP contribution in [-0.4, -0.2) is 46.3 Å². The molecule has 0 amide bonds. The van der Waals surface area contributed by atoms with Gasteiger partial charge in [0.1, 0.15) is 5.82 Å². The summed E-state index contributed by atoms with van der Waals surface area (Å²) in [5.41, 5.74) is 1.60. The highest BCUT2D eigenvalue weighted by molar-refractivity contribution is 5.63. The fourth-order valence-electron chi connectivity index (χ4n) is 4.06. The number of alkyl halides is 3. The van der Waals surface area contributed by atoms with Crippen LogP contribution in [0.5, 0.6) is 0 Å². The fourth-order valence-corrected chi connectivity index (χ4v) is 4.06. The van der Waals surface area contributed by atoms with Crippen LogP contribution in [0.3, 0.4) is 0 Å². The van der Waals surface area contributed by atoms with Crippen LogP contribution in [0.25, 0.3) is 11.3 Å². The van der Waals surface area contributed by atoms with E-state index in [1.165, 1.54) is 12.1 Å². The van der Waals surface area contributed by atoms with Gasteiger partial charge in [-0.3, -0.25) is 5.10 Å². The zero-order chi connectivity index (χ0) is 23.4. The normalized spacial score (nSPS) is 18.8. The van der Waals surface area contributed by atoms with Crippen LogP contribution in [0.4, 0.5) is 24.9 Å². The molecule has 0 bridgehead atoms. The molecule has 3 aromatic rings. The Labute approximate surface area is 190 Å². The van der Waals surface area contributed by atoms with Crippen LogP contribution in [0.15, 0.2) is 42.7 Å². The maximum absolute atomic E-state index is 12.8. The van der Waals surface area contributed by atoms with E-state index in [1.807, 2.05) is 25.1 Å². The molecule has 2 aromatic heterocycles. The number of rotatable bonds is 7. The van der Waals surface area contributed by atoms with Crippen molar-refractivity contribution in [3.8, 4) is 11.3 Å². The molecule has 1 aromatic carbocycles. The standard InChI is InChI=1S/C23H28F3N7/c1-33(2)20-11-12-27-22(31-20)30-19-9-7-18(8-10-19)28-13-16-14-29-32-21(16)15-3-5-17(6-4-15)23(24,25)26/h3-6,11-12,14,18-19,28H,7-10,13H2,1-2H3,(H,29,32)(H,27,30,31)/t18-,19+. The van der Waals surface area contributed by atoms with Crippen LogP contribution in [0.1, 0.15) is 36.8 Å². The quantitative estimate of drug-likeness (QED) is 0.484. The lowest BCUT2D eigenvalue weighted by Gasteiger charge is -2.30. The second-order valence-corrected chi connectivity index (χ2v) is 8.54. The van der Waals surface area contributed by atoms with E-state index in [1.54, 1.807) is 12.4 Å². The Hall–Kier alpha value is -3.14. The average molecular weight is 460 g/mol. The molecule has 1 aliphatic carbocycles. The summed E-state index contributed by atoms with van der Waals surface area (Å²) in [5, 5.41) is 14.1. The van der Waals surface area contributed by atoms with Crippen molar-refractivity contribution in [2.24, 2.45) is 0 Å². The number of aromatic nitrogens is 4. The van der Waals surface area contributed by atoms with Crippen LogP contribution < -0.4 is 15.5 Å². The van der Waals surface area contributed by atoms with Gasteiger partial charge in [-0.15, -0.1) is 0 Å². The molecule has 0 aliphatic heterocycles. The van der Waals surface area contributed by atoms with Gasteiger partial charge in [0.15, 0.2) is 0 Å². The second kappa shape index (κ2) is 9.78. The number of halogens is 3. The van der Waals surface area contributed by atoms with Crippen molar-refractivity contribution in [3.05, 3.63) is 53.9 Å². The second-order valence-electron chi connectivity index (χ2n) is 8.54. The Bertz CT molecular complexity index is 1040. The lowest BCUT2D eigenvalue weighted by atomic mass is 9.91. The smallest absolute Gasteiger partial charge is 0.363 e. The Morgan fingerprint density at radius 3 is 2.39 bits per heavy atom. The van der Waals surface area contributed by atoms with Gasteiger partial charge in [0.25, 0.3) is 0 Å². The highest BCUT2D eigenvalue weighted by Crippen LogP contribution is 2.31. The van der Waals surface area contributed by atoms with Gasteiger partial charge in [-0.1, -0.05) is 12.1 Å². The highest BCUT2D eigenvalue weighted by atomic mass is 19.4. The SMILES string of the molecule is CN(C)c1ccnc(N[C@H]2CC[C@@H](NCc3c[nH]nc3-c3ccc(C(F)(F)F)cc3)CC2)n1. The van der Waals surface area contributed by atoms with Crippen molar-refractivity contribution in [2.45, 2.75) is 50.5 Å². The molecular formula is C23H28F3N7. The van der Waals surface area contributed by atoms with Gasteiger partial charge >= 0.3 is 6.18 Å². The number of anilines is 2. The molecular weight excluding hydrogens is 431 g/mol. The van der Waals surface area contributed by atoms with E-state index in [2.05, 4.69) is 30.8 Å². The minimum atomic E-state index is -4.34. The van der Waals surface area contributed by atoms with E-state index >= 15 is 0 Å². The van der Waals surface area contributed by atoms with Crippen molar-refractivity contribution in [3.63, 3.8) is 0 Å². The van der Waals surface area contributed by atoms with Crippen molar-refractivity contribution >= 4 is 11.8 Å². The predicted molar refractivity (Wildman–Crippen MR) is 122 cm³/mol. The van der Waals surface area contributed by atoms with E-state index in [4.69, 9.17) is 0 Å².